The number of amides is 2. The Morgan fingerprint density at radius 3 is 2.24 bits per heavy atom. The molecule has 0 bridgehead atoms. The van der Waals surface area contributed by atoms with E-state index in [1.54, 1.807) is 6.92 Å². The molecule has 2 aromatic rings. The van der Waals surface area contributed by atoms with Crippen LogP contribution in [-0.2, 0) is 26.2 Å². The van der Waals surface area contributed by atoms with Crippen molar-refractivity contribution in [3.8, 4) is 0 Å². The first kappa shape index (κ1) is 27.8. The van der Waals surface area contributed by atoms with Gasteiger partial charge in [-0.05, 0) is 54.8 Å². The number of nitrogens with zero attached hydrogens (tertiary/aromatic N) is 2. The van der Waals surface area contributed by atoms with Gasteiger partial charge in [-0.1, -0.05) is 44.0 Å². The summed E-state index contributed by atoms with van der Waals surface area (Å²) in [5.74, 6) is -1.27. The number of carbonyl (C=O) groups excluding carboxylic acids is 2. The van der Waals surface area contributed by atoms with Crippen LogP contribution in [0.15, 0.2) is 53.4 Å². The molecule has 0 unspecified atom stereocenters. The highest BCUT2D eigenvalue weighted by molar-refractivity contribution is 7.89. The van der Waals surface area contributed by atoms with Crippen molar-refractivity contribution in [2.75, 3.05) is 20.1 Å². The van der Waals surface area contributed by atoms with E-state index < -0.39 is 34.3 Å². The van der Waals surface area contributed by atoms with Crippen LogP contribution in [0.5, 0.6) is 0 Å². The molecular weight excluding hydrogens is 481 g/mol. The molecule has 0 saturated heterocycles. The Kier molecular flexibility index (Phi) is 10.5. The van der Waals surface area contributed by atoms with Gasteiger partial charge in [-0.2, -0.15) is 4.31 Å². The van der Waals surface area contributed by atoms with E-state index in [2.05, 4.69) is 5.32 Å². The summed E-state index contributed by atoms with van der Waals surface area (Å²) in [5.41, 5.74) is 0.623. The van der Waals surface area contributed by atoms with E-state index in [4.69, 9.17) is 11.6 Å². The Morgan fingerprint density at radius 1 is 1.06 bits per heavy atom. The zero-order chi connectivity index (χ0) is 25.3. The lowest BCUT2D eigenvalue weighted by atomic mass is 10.1. The summed E-state index contributed by atoms with van der Waals surface area (Å²) in [5, 5.41) is 3.23. The predicted molar refractivity (Wildman–Crippen MR) is 130 cm³/mol. The van der Waals surface area contributed by atoms with E-state index in [9.17, 15) is 22.4 Å². The molecule has 10 heteroatoms. The number of likely N-dealkylation sites (N-methyl/N-ethyl adjacent to an activating group) is 1. The molecule has 1 atom stereocenters. The van der Waals surface area contributed by atoms with E-state index >= 15 is 0 Å². The average molecular weight is 512 g/mol. The molecule has 0 aliphatic rings. The highest BCUT2D eigenvalue weighted by atomic mass is 35.5. The fourth-order valence-electron chi connectivity index (χ4n) is 3.36. The second-order valence-corrected chi connectivity index (χ2v) is 10.4. The molecule has 0 saturated carbocycles. The van der Waals surface area contributed by atoms with Crippen LogP contribution >= 0.6 is 11.6 Å². The lowest BCUT2D eigenvalue weighted by Gasteiger charge is -2.32. The van der Waals surface area contributed by atoms with Crippen LogP contribution in [0.3, 0.4) is 0 Å². The Bertz CT molecular complexity index is 1060. The first-order chi connectivity index (χ1) is 16.1. The standard InChI is InChI=1S/C24H31ClFN3O4S/c1-4-6-15-27-24(31)22(5-2)29(16-18-7-11-20(26)12-8-18)23(30)17-28(3)34(32,33)21-13-9-19(25)10-14-21/h7-14,22H,4-6,15-17H2,1-3H3,(H,27,31)/t22-/m0/s1. The van der Waals surface area contributed by atoms with Crippen molar-refractivity contribution in [3.63, 3.8) is 0 Å². The molecule has 0 aliphatic heterocycles. The maximum atomic E-state index is 13.4. The smallest absolute Gasteiger partial charge is 0.243 e. The van der Waals surface area contributed by atoms with Gasteiger partial charge in [0.2, 0.25) is 21.8 Å². The molecule has 0 aromatic heterocycles. The molecule has 0 radical (unpaired) electrons. The number of nitrogens with one attached hydrogen (secondary N) is 1. The molecule has 2 rings (SSSR count). The predicted octanol–water partition coefficient (Wildman–Crippen LogP) is 3.82. The summed E-state index contributed by atoms with van der Waals surface area (Å²) in [6, 6.07) is 10.5. The zero-order valence-corrected chi connectivity index (χ0v) is 21.2. The van der Waals surface area contributed by atoms with Crippen LogP contribution in [0.25, 0.3) is 0 Å². The van der Waals surface area contributed by atoms with Crippen molar-refractivity contribution in [2.45, 2.75) is 50.6 Å². The van der Waals surface area contributed by atoms with Crippen LogP contribution in [0, 0.1) is 5.82 Å². The fraction of sp³-hybridized carbons (Fsp3) is 0.417. The zero-order valence-electron chi connectivity index (χ0n) is 19.6. The Balaban J connectivity index is 2.28. The minimum absolute atomic E-state index is 0.00151. The minimum Gasteiger partial charge on any atom is -0.354 e. The third-order valence-electron chi connectivity index (χ3n) is 5.36. The molecule has 186 valence electrons. The van der Waals surface area contributed by atoms with Gasteiger partial charge in [0.05, 0.1) is 11.4 Å². The first-order valence-electron chi connectivity index (χ1n) is 11.1. The van der Waals surface area contributed by atoms with Crippen molar-refractivity contribution in [2.24, 2.45) is 0 Å². The minimum atomic E-state index is -3.96. The van der Waals surface area contributed by atoms with Gasteiger partial charge in [0, 0.05) is 25.2 Å². The molecule has 34 heavy (non-hydrogen) atoms. The Labute approximate surface area is 205 Å². The van der Waals surface area contributed by atoms with Gasteiger partial charge in [0.15, 0.2) is 0 Å². The lowest BCUT2D eigenvalue weighted by Crippen LogP contribution is -2.51. The highest BCUT2D eigenvalue weighted by Gasteiger charge is 2.31. The van der Waals surface area contributed by atoms with Gasteiger partial charge < -0.3 is 10.2 Å². The van der Waals surface area contributed by atoms with Crippen molar-refractivity contribution in [3.05, 3.63) is 64.9 Å². The second kappa shape index (κ2) is 12.8. The Hall–Kier alpha value is -2.49. The van der Waals surface area contributed by atoms with Crippen molar-refractivity contribution in [1.82, 2.24) is 14.5 Å². The van der Waals surface area contributed by atoms with E-state index in [0.29, 0.717) is 23.6 Å². The lowest BCUT2D eigenvalue weighted by molar-refractivity contribution is -0.141. The maximum Gasteiger partial charge on any atom is 0.243 e. The molecule has 1 N–H and O–H groups in total. The number of rotatable bonds is 12. The number of halogens is 2. The Morgan fingerprint density at radius 2 is 1.68 bits per heavy atom. The SMILES string of the molecule is CCCCNC(=O)[C@H](CC)N(Cc1ccc(F)cc1)C(=O)CN(C)S(=O)(=O)c1ccc(Cl)cc1. The number of carbonyl (C=O) groups is 2. The number of hydrogen-bond donors (Lipinski definition) is 1. The number of benzene rings is 2. The summed E-state index contributed by atoms with van der Waals surface area (Å²) < 4.78 is 40.2. The summed E-state index contributed by atoms with van der Waals surface area (Å²) >= 11 is 5.85. The van der Waals surface area contributed by atoms with Gasteiger partial charge in [0.1, 0.15) is 11.9 Å². The van der Waals surface area contributed by atoms with E-state index in [-0.39, 0.29) is 17.3 Å². The van der Waals surface area contributed by atoms with Crippen LogP contribution in [0.4, 0.5) is 4.39 Å². The number of unbranched alkanes of at least 4 members (excludes halogenated alkanes) is 1. The topological polar surface area (TPSA) is 86.8 Å². The normalized spacial score (nSPS) is 12.4. The van der Waals surface area contributed by atoms with Crippen molar-refractivity contribution < 1.29 is 22.4 Å². The first-order valence-corrected chi connectivity index (χ1v) is 13.0. The molecule has 0 heterocycles. The average Bonchev–Trinajstić information content (AvgIpc) is 2.80. The van der Waals surface area contributed by atoms with Crippen molar-refractivity contribution >= 4 is 33.4 Å². The van der Waals surface area contributed by atoms with Gasteiger partial charge in [-0.25, -0.2) is 12.8 Å². The maximum absolute atomic E-state index is 13.4. The third-order valence-corrected chi connectivity index (χ3v) is 7.43. The quantitative estimate of drug-likeness (QED) is 0.439. The summed E-state index contributed by atoms with van der Waals surface area (Å²) in [6.07, 6.45) is 2.04. The van der Waals surface area contributed by atoms with Gasteiger partial charge in [-0.3, -0.25) is 9.59 Å². The van der Waals surface area contributed by atoms with Crippen LogP contribution in [0.1, 0.15) is 38.7 Å². The second-order valence-electron chi connectivity index (χ2n) is 7.93. The summed E-state index contributed by atoms with van der Waals surface area (Å²) in [7, 11) is -2.65. The molecule has 7 nitrogen and oxygen atoms in total. The summed E-state index contributed by atoms with van der Waals surface area (Å²) in [4.78, 5) is 27.6. The molecular formula is C24H31ClFN3O4S. The monoisotopic (exact) mass is 511 g/mol. The highest BCUT2D eigenvalue weighted by Crippen LogP contribution is 2.19. The largest absolute Gasteiger partial charge is 0.354 e. The number of sulfonamides is 1. The summed E-state index contributed by atoms with van der Waals surface area (Å²) in [6.45, 7) is 3.84. The van der Waals surface area contributed by atoms with Gasteiger partial charge >= 0.3 is 0 Å². The fourth-order valence-corrected chi connectivity index (χ4v) is 4.61. The molecule has 0 aliphatic carbocycles. The van der Waals surface area contributed by atoms with E-state index in [1.807, 2.05) is 6.92 Å². The van der Waals surface area contributed by atoms with Crippen LogP contribution < -0.4 is 5.32 Å². The van der Waals surface area contributed by atoms with Crippen LogP contribution in [0.2, 0.25) is 5.02 Å². The van der Waals surface area contributed by atoms with Gasteiger partial charge in [-0.15, -0.1) is 0 Å². The molecule has 0 fully saturated rings. The van der Waals surface area contributed by atoms with Gasteiger partial charge in [0.25, 0.3) is 0 Å². The van der Waals surface area contributed by atoms with E-state index in [0.717, 1.165) is 17.1 Å². The molecule has 2 amide bonds. The van der Waals surface area contributed by atoms with Crippen LogP contribution in [-0.4, -0.2) is 55.6 Å². The molecule has 0 spiro atoms. The molecule has 2 aromatic carbocycles. The number of hydrogen-bond acceptors (Lipinski definition) is 4. The third kappa shape index (κ3) is 7.51. The van der Waals surface area contributed by atoms with Crippen molar-refractivity contribution in [1.29, 1.82) is 0 Å². The van der Waals surface area contributed by atoms with E-state index in [1.165, 1.54) is 60.5 Å².